The van der Waals surface area contributed by atoms with E-state index in [0.29, 0.717) is 12.2 Å². The summed E-state index contributed by atoms with van der Waals surface area (Å²) < 4.78 is 5.16. The van der Waals surface area contributed by atoms with E-state index >= 15 is 0 Å². The van der Waals surface area contributed by atoms with E-state index in [1.54, 1.807) is 14.2 Å². The van der Waals surface area contributed by atoms with Crippen LogP contribution in [0.3, 0.4) is 0 Å². The number of methoxy groups -OCH3 is 1. The van der Waals surface area contributed by atoms with E-state index in [4.69, 9.17) is 4.74 Å². The number of fused-ring (bicyclic) bond motifs is 1. The first kappa shape index (κ1) is 14.1. The second-order valence-electron chi connectivity index (χ2n) is 5.53. The van der Waals surface area contributed by atoms with Gasteiger partial charge in [-0.3, -0.25) is 4.79 Å². The van der Waals surface area contributed by atoms with Crippen molar-refractivity contribution in [1.82, 2.24) is 0 Å². The Morgan fingerprint density at radius 1 is 1.43 bits per heavy atom. The highest BCUT2D eigenvalue weighted by atomic mass is 16.5. The number of anilines is 2. The highest BCUT2D eigenvalue weighted by Gasteiger charge is 2.33. The molecule has 0 bridgehead atoms. The average molecular weight is 288 g/mol. The maximum Gasteiger partial charge on any atom is 0.260 e. The van der Waals surface area contributed by atoms with Crippen molar-refractivity contribution >= 4 is 17.3 Å². The number of carbonyl (C=O) groups excluding carboxylic acids is 1. The quantitative estimate of drug-likeness (QED) is 0.856. The van der Waals surface area contributed by atoms with Gasteiger partial charge in [0, 0.05) is 38.5 Å². The third-order valence-electron chi connectivity index (χ3n) is 4.23. The van der Waals surface area contributed by atoms with E-state index in [-0.39, 0.29) is 5.91 Å². The maximum absolute atomic E-state index is 11.8. The van der Waals surface area contributed by atoms with E-state index in [9.17, 15) is 9.90 Å². The van der Waals surface area contributed by atoms with Gasteiger partial charge in [0.05, 0.1) is 12.3 Å². The van der Waals surface area contributed by atoms with Crippen molar-refractivity contribution in [1.29, 1.82) is 0 Å². The summed E-state index contributed by atoms with van der Waals surface area (Å²) in [6.07, 6.45) is 2.17. The van der Waals surface area contributed by atoms with Crippen LogP contribution in [0, 0.1) is 0 Å². The second-order valence-corrected chi connectivity index (χ2v) is 5.53. The van der Waals surface area contributed by atoms with E-state index in [1.807, 2.05) is 18.2 Å². The van der Waals surface area contributed by atoms with Crippen LogP contribution in [0.4, 0.5) is 11.4 Å². The van der Waals surface area contributed by atoms with Crippen molar-refractivity contribution in [2.75, 3.05) is 43.7 Å². The molecule has 0 fully saturated rings. The van der Waals surface area contributed by atoms with Gasteiger partial charge in [0.15, 0.2) is 6.10 Å². The molecule has 5 nitrogen and oxygen atoms in total. The molecule has 0 radical (unpaired) electrons. The molecule has 1 atom stereocenters. The summed E-state index contributed by atoms with van der Waals surface area (Å²) >= 11 is 0. The average Bonchev–Trinajstić information content (AvgIpc) is 2.73. The highest BCUT2D eigenvalue weighted by Crippen LogP contribution is 2.37. The van der Waals surface area contributed by atoms with E-state index < -0.39 is 6.10 Å². The smallest absolute Gasteiger partial charge is 0.260 e. The van der Waals surface area contributed by atoms with Gasteiger partial charge in [-0.05, 0) is 24.1 Å². The number of ether oxygens (including phenoxy) is 1. The fourth-order valence-electron chi connectivity index (χ4n) is 2.95. The van der Waals surface area contributed by atoms with Crippen LogP contribution in [0.5, 0.6) is 0 Å². The van der Waals surface area contributed by atoms with Crippen molar-refractivity contribution in [2.45, 2.75) is 12.5 Å². The Hall–Kier alpha value is -1.85. The molecule has 0 spiro atoms. The summed E-state index contributed by atoms with van der Waals surface area (Å²) in [6.45, 7) is 2.48. The van der Waals surface area contributed by atoms with Crippen LogP contribution < -0.4 is 9.80 Å². The van der Waals surface area contributed by atoms with Gasteiger partial charge >= 0.3 is 0 Å². The van der Waals surface area contributed by atoms with Gasteiger partial charge < -0.3 is 19.6 Å². The first-order valence-corrected chi connectivity index (χ1v) is 7.13. The molecule has 1 amide bonds. The van der Waals surface area contributed by atoms with Crippen molar-refractivity contribution in [2.24, 2.45) is 0 Å². The summed E-state index contributed by atoms with van der Waals surface area (Å²) in [5.41, 5.74) is 3.91. The van der Waals surface area contributed by atoms with Crippen molar-refractivity contribution in [3.05, 3.63) is 35.4 Å². The van der Waals surface area contributed by atoms with Crippen LogP contribution >= 0.6 is 0 Å². The molecule has 0 aliphatic carbocycles. The molecule has 3 rings (SSSR count). The maximum atomic E-state index is 11.8. The molecule has 5 heteroatoms. The monoisotopic (exact) mass is 288 g/mol. The summed E-state index contributed by atoms with van der Waals surface area (Å²) in [4.78, 5) is 15.6. The summed E-state index contributed by atoms with van der Waals surface area (Å²) in [5.74, 6) is -0.261. The number of carbonyl (C=O) groups is 1. The summed E-state index contributed by atoms with van der Waals surface area (Å²) in [5, 5.41) is 9.89. The minimum Gasteiger partial charge on any atom is -0.380 e. The van der Waals surface area contributed by atoms with Gasteiger partial charge in [-0.25, -0.2) is 0 Å². The minimum atomic E-state index is -1.02. The Morgan fingerprint density at radius 2 is 2.24 bits per heavy atom. The molecule has 112 valence electrons. The minimum absolute atomic E-state index is 0.261. The fourth-order valence-corrected chi connectivity index (χ4v) is 2.95. The zero-order chi connectivity index (χ0) is 15.0. The van der Waals surface area contributed by atoms with Crippen LogP contribution in [-0.4, -0.2) is 44.9 Å². The predicted octanol–water partition coefficient (Wildman–Crippen LogP) is 1.48. The first-order chi connectivity index (χ1) is 10.1. The largest absolute Gasteiger partial charge is 0.380 e. The number of benzene rings is 1. The highest BCUT2D eigenvalue weighted by molar-refractivity contribution is 6.03. The molecule has 0 saturated carbocycles. The lowest BCUT2D eigenvalue weighted by atomic mass is 10.1. The van der Waals surface area contributed by atoms with Crippen molar-refractivity contribution in [3.8, 4) is 0 Å². The summed E-state index contributed by atoms with van der Waals surface area (Å²) in [6, 6.07) is 5.81. The molecule has 21 heavy (non-hydrogen) atoms. The number of rotatable bonds is 3. The standard InChI is InChI=1S/C16H20N2O3/c1-17-14-9-12(3-4-13(14)15(19)16(17)20)18-7-5-11(6-8-18)10-21-2/h3-5,9,15,19H,6-8,10H2,1-2H3. The van der Waals surface area contributed by atoms with Crippen LogP contribution in [0.1, 0.15) is 18.1 Å². The predicted molar refractivity (Wildman–Crippen MR) is 81.6 cm³/mol. The van der Waals surface area contributed by atoms with Crippen molar-refractivity contribution in [3.63, 3.8) is 0 Å². The molecule has 2 heterocycles. The molecular formula is C16H20N2O3. The van der Waals surface area contributed by atoms with Gasteiger partial charge in [-0.1, -0.05) is 12.1 Å². The zero-order valence-corrected chi connectivity index (χ0v) is 12.4. The Labute approximate surface area is 124 Å². The third kappa shape index (κ3) is 2.43. The Kier molecular flexibility index (Phi) is 3.69. The van der Waals surface area contributed by atoms with Gasteiger partial charge in [-0.15, -0.1) is 0 Å². The van der Waals surface area contributed by atoms with Gasteiger partial charge in [0.25, 0.3) is 5.91 Å². The second kappa shape index (κ2) is 5.50. The molecule has 2 aliphatic rings. The third-order valence-corrected chi connectivity index (χ3v) is 4.23. The number of amides is 1. The number of hydrogen-bond donors (Lipinski definition) is 1. The molecule has 1 N–H and O–H groups in total. The molecular weight excluding hydrogens is 268 g/mol. The number of likely N-dealkylation sites (N-methyl/N-ethyl adjacent to an activating group) is 1. The summed E-state index contributed by atoms with van der Waals surface area (Å²) in [7, 11) is 3.42. The Morgan fingerprint density at radius 3 is 2.90 bits per heavy atom. The molecule has 0 saturated heterocycles. The fraction of sp³-hybridized carbons (Fsp3) is 0.438. The van der Waals surface area contributed by atoms with Gasteiger partial charge in [-0.2, -0.15) is 0 Å². The van der Waals surface area contributed by atoms with E-state index in [0.717, 1.165) is 30.9 Å². The SMILES string of the molecule is COCC1=CCN(c2ccc3c(c2)N(C)C(=O)C3O)CC1. The molecule has 0 aromatic heterocycles. The van der Waals surface area contributed by atoms with Crippen LogP contribution in [0.15, 0.2) is 29.8 Å². The molecule has 1 unspecified atom stereocenters. The van der Waals surface area contributed by atoms with Gasteiger partial charge in [0.2, 0.25) is 0 Å². The molecule has 2 aliphatic heterocycles. The number of hydrogen-bond acceptors (Lipinski definition) is 4. The molecule has 1 aromatic rings. The first-order valence-electron chi connectivity index (χ1n) is 7.13. The van der Waals surface area contributed by atoms with E-state index in [1.165, 1.54) is 10.5 Å². The topological polar surface area (TPSA) is 53.0 Å². The number of nitrogens with zero attached hydrogens (tertiary/aromatic N) is 2. The lowest BCUT2D eigenvalue weighted by molar-refractivity contribution is -0.125. The Balaban J connectivity index is 1.82. The number of aliphatic hydroxyl groups is 1. The zero-order valence-electron chi connectivity index (χ0n) is 12.4. The van der Waals surface area contributed by atoms with Gasteiger partial charge in [0.1, 0.15) is 0 Å². The van der Waals surface area contributed by atoms with Crippen molar-refractivity contribution < 1.29 is 14.6 Å². The lowest BCUT2D eigenvalue weighted by Gasteiger charge is -2.29. The van der Waals surface area contributed by atoms with E-state index in [2.05, 4.69) is 11.0 Å². The van der Waals surface area contributed by atoms with Crippen LogP contribution in [-0.2, 0) is 9.53 Å². The van der Waals surface area contributed by atoms with Crippen LogP contribution in [0.2, 0.25) is 0 Å². The Bertz CT molecular complexity index is 597. The normalized spacial score (nSPS) is 21.6. The molecule has 1 aromatic carbocycles. The lowest BCUT2D eigenvalue weighted by Crippen LogP contribution is -2.29. The van der Waals surface area contributed by atoms with Crippen LogP contribution in [0.25, 0.3) is 0 Å². The number of aliphatic hydroxyl groups excluding tert-OH is 1.